The molecule has 0 aliphatic carbocycles. The van der Waals surface area contributed by atoms with Gasteiger partial charge in [0.2, 0.25) is 12.0 Å². The monoisotopic (exact) mass is 283 g/mol. The number of nitrogens with two attached hydrogens (primary N) is 1. The summed E-state index contributed by atoms with van der Waals surface area (Å²) in [6, 6.07) is 0. The van der Waals surface area contributed by atoms with Gasteiger partial charge >= 0.3 is 0 Å². The van der Waals surface area contributed by atoms with Crippen LogP contribution >= 0.6 is 0 Å². The van der Waals surface area contributed by atoms with Crippen LogP contribution in [0.4, 0.5) is 5.82 Å². The lowest BCUT2D eigenvalue weighted by Crippen LogP contribution is -2.33. The van der Waals surface area contributed by atoms with Crippen LogP contribution in [0.3, 0.4) is 0 Å². The molecule has 3 rings (SSSR count). The first-order chi connectivity index (χ1) is 9.54. The van der Waals surface area contributed by atoms with Gasteiger partial charge in [0.25, 0.3) is 5.82 Å². The normalized spacial score (nSPS) is 30.1. The molecule has 0 spiro atoms. The maximum Gasteiger partial charge on any atom is 0.251 e. The van der Waals surface area contributed by atoms with Crippen molar-refractivity contribution in [1.29, 1.82) is 0 Å². The quantitative estimate of drug-likeness (QED) is 0.342. The predicted molar refractivity (Wildman–Crippen MR) is 63.9 cm³/mol. The second kappa shape index (κ2) is 4.52. The molecular weight excluding hydrogens is 270 g/mol. The van der Waals surface area contributed by atoms with Crippen molar-refractivity contribution < 1.29 is 24.8 Å². The van der Waals surface area contributed by atoms with Crippen LogP contribution in [0, 0.1) is 5.21 Å². The second-order valence-electron chi connectivity index (χ2n) is 4.51. The van der Waals surface area contributed by atoms with E-state index in [4.69, 9.17) is 15.6 Å². The number of hydrogen-bond donors (Lipinski definition) is 4. The van der Waals surface area contributed by atoms with E-state index in [1.807, 2.05) is 0 Å². The lowest BCUT2D eigenvalue weighted by atomic mass is 10.1. The minimum Gasteiger partial charge on any atom is -0.740 e. The van der Waals surface area contributed by atoms with E-state index < -0.39 is 31.1 Å². The molecule has 0 saturated carbocycles. The predicted octanol–water partition coefficient (Wildman–Crippen LogP) is -2.74. The molecule has 2 aromatic heterocycles. The van der Waals surface area contributed by atoms with Gasteiger partial charge in [0.15, 0.2) is 11.7 Å². The van der Waals surface area contributed by atoms with Gasteiger partial charge in [0, 0.05) is 0 Å². The number of aromatic nitrogens is 4. The number of rotatable bonds is 2. The molecular formula is C10H13N5O5. The van der Waals surface area contributed by atoms with Gasteiger partial charge in [-0.05, 0) is 0 Å². The van der Waals surface area contributed by atoms with E-state index in [0.29, 0.717) is 4.73 Å². The average molecular weight is 283 g/mol. The van der Waals surface area contributed by atoms with Crippen LogP contribution in [0.25, 0.3) is 11.2 Å². The standard InChI is InChI=1S/C10H13N5O5/c11-8-5-9(13-3-15(8)19)14(2-12-5)10-7(18)6(17)4(1-16)20-10/h2-4,6-7,10,16-18H,1,11H2/t4-,6?,7?,10-/m1/s1. The Morgan fingerprint density at radius 2 is 2.15 bits per heavy atom. The molecule has 1 fully saturated rings. The minimum atomic E-state index is -1.26. The van der Waals surface area contributed by atoms with Gasteiger partial charge in [-0.25, -0.2) is 9.71 Å². The Morgan fingerprint density at radius 1 is 1.40 bits per heavy atom. The largest absolute Gasteiger partial charge is 0.740 e. The van der Waals surface area contributed by atoms with Crippen molar-refractivity contribution in [3.8, 4) is 0 Å². The van der Waals surface area contributed by atoms with Crippen molar-refractivity contribution in [1.82, 2.24) is 14.5 Å². The first-order valence-corrected chi connectivity index (χ1v) is 5.87. The summed E-state index contributed by atoms with van der Waals surface area (Å²) in [5, 5.41) is 40.0. The molecule has 108 valence electrons. The van der Waals surface area contributed by atoms with Crippen molar-refractivity contribution in [3.05, 3.63) is 17.9 Å². The molecule has 5 N–H and O–H groups in total. The summed E-state index contributed by atoms with van der Waals surface area (Å²) in [5.41, 5.74) is 5.99. The molecule has 1 aliphatic rings. The highest BCUT2D eigenvalue weighted by Gasteiger charge is 2.44. The number of nitrogens with zero attached hydrogens (tertiary/aromatic N) is 4. The highest BCUT2D eigenvalue weighted by molar-refractivity contribution is 5.79. The third-order valence-electron chi connectivity index (χ3n) is 3.32. The summed E-state index contributed by atoms with van der Waals surface area (Å²) in [7, 11) is 0. The van der Waals surface area contributed by atoms with Crippen molar-refractivity contribution in [2.24, 2.45) is 0 Å². The molecule has 10 nitrogen and oxygen atoms in total. The van der Waals surface area contributed by atoms with Crippen LogP contribution in [-0.4, -0.2) is 54.8 Å². The van der Waals surface area contributed by atoms with Crippen LogP contribution in [0.1, 0.15) is 6.23 Å². The highest BCUT2D eigenvalue weighted by Crippen LogP contribution is 2.31. The molecule has 0 radical (unpaired) electrons. The summed E-state index contributed by atoms with van der Waals surface area (Å²) in [6.45, 7) is -0.433. The summed E-state index contributed by atoms with van der Waals surface area (Å²) < 4.78 is 7.09. The molecule has 10 heteroatoms. The number of anilines is 1. The smallest absolute Gasteiger partial charge is 0.251 e. The van der Waals surface area contributed by atoms with E-state index >= 15 is 0 Å². The summed E-state index contributed by atoms with van der Waals surface area (Å²) >= 11 is 0. The number of hydrogen-bond acceptors (Lipinski definition) is 8. The average Bonchev–Trinajstić information content (AvgIpc) is 2.98. The van der Waals surface area contributed by atoms with E-state index in [1.54, 1.807) is 0 Å². The summed E-state index contributed by atoms with van der Waals surface area (Å²) in [4.78, 5) is 7.85. The Morgan fingerprint density at radius 3 is 2.80 bits per heavy atom. The minimum absolute atomic E-state index is 0.125. The molecule has 0 bridgehead atoms. The Labute approximate surface area is 112 Å². The van der Waals surface area contributed by atoms with Gasteiger partial charge in [-0.3, -0.25) is 4.57 Å². The van der Waals surface area contributed by atoms with E-state index in [9.17, 15) is 15.4 Å². The molecule has 3 heterocycles. The van der Waals surface area contributed by atoms with E-state index in [-0.39, 0.29) is 17.0 Å². The van der Waals surface area contributed by atoms with E-state index in [0.717, 1.165) is 6.33 Å². The van der Waals surface area contributed by atoms with Crippen molar-refractivity contribution in [3.63, 3.8) is 0 Å². The molecule has 4 atom stereocenters. The van der Waals surface area contributed by atoms with Gasteiger partial charge in [0.05, 0.1) is 6.61 Å². The van der Waals surface area contributed by atoms with Crippen molar-refractivity contribution in [2.45, 2.75) is 24.5 Å². The first-order valence-electron chi connectivity index (χ1n) is 5.87. The number of aliphatic hydroxyl groups is 3. The third-order valence-corrected chi connectivity index (χ3v) is 3.32. The summed E-state index contributed by atoms with van der Waals surface area (Å²) in [5.74, 6) is -0.125. The molecule has 0 aromatic carbocycles. The fourth-order valence-corrected chi connectivity index (χ4v) is 2.23. The van der Waals surface area contributed by atoms with Gasteiger partial charge < -0.3 is 31.0 Å². The molecule has 2 aromatic rings. The van der Waals surface area contributed by atoms with Crippen LogP contribution in [0.5, 0.6) is 0 Å². The number of aliphatic hydroxyl groups excluding tert-OH is 3. The molecule has 1 aliphatic heterocycles. The van der Waals surface area contributed by atoms with Gasteiger partial charge in [-0.1, -0.05) is 4.98 Å². The number of ether oxygens (including phenoxy) is 1. The van der Waals surface area contributed by atoms with Gasteiger partial charge in [-0.15, -0.1) is 0 Å². The second-order valence-corrected chi connectivity index (χ2v) is 4.51. The SMILES string of the molecule is Nc1c2ncn([C@@H]3O[C@H](CO)C(O)C3O)c2nc[n+]1[O-]. The van der Waals surface area contributed by atoms with E-state index in [1.165, 1.54) is 10.9 Å². The maximum atomic E-state index is 11.3. The van der Waals surface area contributed by atoms with Crippen LogP contribution in [0.2, 0.25) is 0 Å². The highest BCUT2D eigenvalue weighted by atomic mass is 16.6. The summed E-state index contributed by atoms with van der Waals surface area (Å²) in [6.07, 6.45) is -2.09. The Kier molecular flexibility index (Phi) is 2.94. The van der Waals surface area contributed by atoms with E-state index in [2.05, 4.69) is 9.97 Å². The van der Waals surface area contributed by atoms with Gasteiger partial charge in [0.1, 0.15) is 24.6 Å². The third kappa shape index (κ3) is 1.70. The molecule has 2 unspecified atom stereocenters. The Hall–Kier alpha value is -2.01. The fraction of sp³-hybridized carbons (Fsp3) is 0.500. The molecule has 20 heavy (non-hydrogen) atoms. The molecule has 1 saturated heterocycles. The topological polar surface area (TPSA) is 154 Å². The number of imidazole rings is 1. The number of fused-ring (bicyclic) bond motifs is 1. The van der Waals surface area contributed by atoms with Crippen molar-refractivity contribution >= 4 is 17.0 Å². The first kappa shape index (κ1) is 13.0. The maximum absolute atomic E-state index is 11.3. The Bertz CT molecular complexity index is 646. The fourth-order valence-electron chi connectivity index (χ4n) is 2.23. The zero-order chi connectivity index (χ0) is 14.4. The van der Waals surface area contributed by atoms with Gasteiger partial charge in [-0.2, -0.15) is 0 Å². The van der Waals surface area contributed by atoms with Crippen molar-refractivity contribution in [2.75, 3.05) is 12.3 Å². The van der Waals surface area contributed by atoms with Crippen LogP contribution in [0.15, 0.2) is 12.7 Å². The number of nitrogen functional groups attached to an aromatic ring is 1. The zero-order valence-electron chi connectivity index (χ0n) is 10.2. The lowest BCUT2D eigenvalue weighted by Gasteiger charge is -2.15. The van der Waals surface area contributed by atoms with Crippen LogP contribution < -0.4 is 10.5 Å². The lowest BCUT2D eigenvalue weighted by molar-refractivity contribution is -0.592. The zero-order valence-corrected chi connectivity index (χ0v) is 10.2. The Balaban J connectivity index is 2.05. The van der Waals surface area contributed by atoms with Crippen LogP contribution in [-0.2, 0) is 4.74 Å². The molecule has 0 amide bonds.